The SMILES string of the molecule is Cc1ccccc1-c1nn2c(=O)cc(CN3CCN(C(=O)c4cccc(F)c4)CC3)nc2s1. The molecule has 7 nitrogen and oxygen atoms in total. The molecule has 33 heavy (non-hydrogen) atoms. The van der Waals surface area contributed by atoms with Gasteiger partial charge in [-0.1, -0.05) is 41.7 Å². The minimum absolute atomic E-state index is 0.166. The first kappa shape index (κ1) is 21.4. The highest BCUT2D eigenvalue weighted by atomic mass is 32.1. The molecule has 0 radical (unpaired) electrons. The molecule has 0 saturated carbocycles. The molecule has 0 spiro atoms. The molecule has 2 aromatic heterocycles. The number of aromatic nitrogens is 3. The number of halogens is 1. The van der Waals surface area contributed by atoms with Gasteiger partial charge in [0.05, 0.1) is 5.69 Å². The van der Waals surface area contributed by atoms with Gasteiger partial charge in [-0.3, -0.25) is 14.5 Å². The minimum Gasteiger partial charge on any atom is -0.336 e. The predicted octanol–water partition coefficient (Wildman–Crippen LogP) is 3.22. The van der Waals surface area contributed by atoms with Crippen LogP contribution in [0.2, 0.25) is 0 Å². The lowest BCUT2D eigenvalue weighted by atomic mass is 10.1. The van der Waals surface area contributed by atoms with Gasteiger partial charge in [0.1, 0.15) is 10.8 Å². The lowest BCUT2D eigenvalue weighted by Crippen LogP contribution is -2.48. The van der Waals surface area contributed by atoms with Gasteiger partial charge in [-0.15, -0.1) is 0 Å². The summed E-state index contributed by atoms with van der Waals surface area (Å²) < 4.78 is 14.8. The number of piperazine rings is 1. The Kier molecular flexibility index (Phi) is 5.74. The molecular weight excluding hydrogens is 441 g/mol. The molecule has 4 aromatic rings. The van der Waals surface area contributed by atoms with Crippen LogP contribution in [0.4, 0.5) is 4.39 Å². The molecular formula is C24H22FN5O2S. The molecule has 0 atom stereocenters. The van der Waals surface area contributed by atoms with Crippen LogP contribution in [0.5, 0.6) is 0 Å². The summed E-state index contributed by atoms with van der Waals surface area (Å²) in [5, 5.41) is 5.23. The smallest absolute Gasteiger partial charge is 0.275 e. The Balaban J connectivity index is 1.29. The Morgan fingerprint density at radius 2 is 1.85 bits per heavy atom. The number of nitrogens with zero attached hydrogens (tertiary/aromatic N) is 5. The Labute approximate surface area is 193 Å². The minimum atomic E-state index is -0.416. The monoisotopic (exact) mass is 463 g/mol. The number of benzene rings is 2. The molecule has 0 N–H and O–H groups in total. The Morgan fingerprint density at radius 3 is 2.61 bits per heavy atom. The molecule has 3 heterocycles. The normalized spacial score (nSPS) is 14.7. The standard InChI is InChI=1S/C24H22FN5O2S/c1-16-5-2-3-8-20(16)22-27-30-21(31)14-19(26-24(30)33-22)15-28-9-11-29(12-10-28)23(32)17-6-4-7-18(25)13-17/h2-8,13-14H,9-12,15H2,1H3. The molecule has 168 valence electrons. The van der Waals surface area contributed by atoms with Gasteiger partial charge in [0.15, 0.2) is 0 Å². The van der Waals surface area contributed by atoms with E-state index in [9.17, 15) is 14.0 Å². The summed E-state index contributed by atoms with van der Waals surface area (Å²) in [6, 6.07) is 15.2. The third kappa shape index (κ3) is 4.42. The summed E-state index contributed by atoms with van der Waals surface area (Å²) in [4.78, 5) is 34.4. The van der Waals surface area contributed by atoms with Crippen LogP contribution in [0.25, 0.3) is 15.5 Å². The van der Waals surface area contributed by atoms with E-state index in [2.05, 4.69) is 15.0 Å². The summed E-state index contributed by atoms with van der Waals surface area (Å²) in [6.07, 6.45) is 0. The fourth-order valence-corrected chi connectivity index (χ4v) is 5.02. The van der Waals surface area contributed by atoms with Gasteiger partial charge in [-0.2, -0.15) is 9.61 Å². The van der Waals surface area contributed by atoms with E-state index in [1.807, 2.05) is 31.2 Å². The molecule has 1 saturated heterocycles. The van der Waals surface area contributed by atoms with E-state index >= 15 is 0 Å². The van der Waals surface area contributed by atoms with E-state index < -0.39 is 5.82 Å². The van der Waals surface area contributed by atoms with E-state index in [1.54, 1.807) is 17.0 Å². The zero-order chi connectivity index (χ0) is 22.9. The molecule has 5 rings (SSSR count). The zero-order valence-corrected chi connectivity index (χ0v) is 18.9. The topological polar surface area (TPSA) is 70.8 Å². The largest absolute Gasteiger partial charge is 0.336 e. The Hall–Kier alpha value is -3.43. The maximum absolute atomic E-state index is 13.4. The molecule has 0 unspecified atom stereocenters. The highest BCUT2D eigenvalue weighted by molar-refractivity contribution is 7.19. The number of aryl methyl sites for hydroxylation is 1. The van der Waals surface area contributed by atoms with Gasteiger partial charge < -0.3 is 4.90 Å². The second-order valence-electron chi connectivity index (χ2n) is 8.08. The van der Waals surface area contributed by atoms with E-state index in [1.165, 1.54) is 34.1 Å². The first-order valence-corrected chi connectivity index (χ1v) is 11.5. The summed E-state index contributed by atoms with van der Waals surface area (Å²) in [6.45, 7) is 4.91. The third-order valence-electron chi connectivity index (χ3n) is 5.79. The first-order chi connectivity index (χ1) is 16.0. The van der Waals surface area contributed by atoms with E-state index in [4.69, 9.17) is 0 Å². The number of carbonyl (C=O) groups is 1. The number of fused-ring (bicyclic) bond motifs is 1. The predicted molar refractivity (Wildman–Crippen MR) is 125 cm³/mol. The lowest BCUT2D eigenvalue weighted by Gasteiger charge is -2.34. The number of hydrogen-bond donors (Lipinski definition) is 0. The van der Waals surface area contributed by atoms with Gasteiger partial charge in [0.25, 0.3) is 11.5 Å². The number of carbonyl (C=O) groups excluding carboxylic acids is 1. The van der Waals surface area contributed by atoms with Crippen LogP contribution >= 0.6 is 11.3 Å². The van der Waals surface area contributed by atoms with Crippen molar-refractivity contribution < 1.29 is 9.18 Å². The van der Waals surface area contributed by atoms with Crippen molar-refractivity contribution in [3.05, 3.63) is 87.6 Å². The number of rotatable bonds is 4. The maximum atomic E-state index is 13.4. The molecule has 1 aliphatic rings. The number of amides is 1. The van der Waals surface area contributed by atoms with Crippen LogP contribution < -0.4 is 5.56 Å². The van der Waals surface area contributed by atoms with Gasteiger partial charge in [0, 0.05) is 49.9 Å². The molecule has 1 amide bonds. The van der Waals surface area contributed by atoms with Crippen LogP contribution in [-0.4, -0.2) is 56.5 Å². The zero-order valence-electron chi connectivity index (χ0n) is 18.1. The van der Waals surface area contributed by atoms with Crippen LogP contribution in [0.15, 0.2) is 59.4 Å². The van der Waals surface area contributed by atoms with Crippen LogP contribution in [-0.2, 0) is 6.54 Å². The second-order valence-corrected chi connectivity index (χ2v) is 9.04. The molecule has 1 fully saturated rings. The summed E-state index contributed by atoms with van der Waals surface area (Å²) in [7, 11) is 0. The maximum Gasteiger partial charge on any atom is 0.275 e. The van der Waals surface area contributed by atoms with Crippen molar-refractivity contribution in [2.24, 2.45) is 0 Å². The summed E-state index contributed by atoms with van der Waals surface area (Å²) in [5.74, 6) is -0.582. The van der Waals surface area contributed by atoms with Crippen LogP contribution in [0.1, 0.15) is 21.6 Å². The quantitative estimate of drug-likeness (QED) is 0.465. The van der Waals surface area contributed by atoms with E-state index in [-0.39, 0.29) is 11.5 Å². The van der Waals surface area contributed by atoms with Crippen molar-refractivity contribution in [2.45, 2.75) is 13.5 Å². The number of hydrogen-bond acceptors (Lipinski definition) is 6. The fraction of sp³-hybridized carbons (Fsp3) is 0.250. The van der Waals surface area contributed by atoms with Crippen molar-refractivity contribution in [2.75, 3.05) is 26.2 Å². The van der Waals surface area contributed by atoms with Crippen molar-refractivity contribution in [3.63, 3.8) is 0 Å². The molecule has 0 bridgehead atoms. The average Bonchev–Trinajstić information content (AvgIpc) is 3.24. The first-order valence-electron chi connectivity index (χ1n) is 10.7. The Morgan fingerprint density at radius 1 is 1.06 bits per heavy atom. The van der Waals surface area contributed by atoms with Crippen molar-refractivity contribution >= 4 is 22.2 Å². The van der Waals surface area contributed by atoms with Gasteiger partial charge in [-0.05, 0) is 30.7 Å². The Bertz CT molecular complexity index is 1390. The second kappa shape index (κ2) is 8.84. The summed E-state index contributed by atoms with van der Waals surface area (Å²) >= 11 is 1.40. The van der Waals surface area contributed by atoms with Gasteiger partial charge >= 0.3 is 0 Å². The van der Waals surface area contributed by atoms with Gasteiger partial charge in [-0.25, -0.2) is 9.37 Å². The summed E-state index contributed by atoms with van der Waals surface area (Å²) in [5.41, 5.74) is 2.93. The van der Waals surface area contributed by atoms with Crippen molar-refractivity contribution in [3.8, 4) is 10.6 Å². The van der Waals surface area contributed by atoms with Crippen LogP contribution in [0, 0.1) is 12.7 Å². The van der Waals surface area contributed by atoms with Crippen molar-refractivity contribution in [1.29, 1.82) is 0 Å². The highest BCUT2D eigenvalue weighted by Crippen LogP contribution is 2.27. The van der Waals surface area contributed by atoms with Crippen molar-refractivity contribution in [1.82, 2.24) is 24.4 Å². The highest BCUT2D eigenvalue weighted by Gasteiger charge is 2.23. The van der Waals surface area contributed by atoms with Crippen LogP contribution in [0.3, 0.4) is 0 Å². The van der Waals surface area contributed by atoms with Gasteiger partial charge in [0.2, 0.25) is 4.96 Å². The third-order valence-corrected chi connectivity index (χ3v) is 6.73. The molecule has 2 aromatic carbocycles. The lowest BCUT2D eigenvalue weighted by molar-refractivity contribution is 0.0626. The molecule has 9 heteroatoms. The fourth-order valence-electron chi connectivity index (χ4n) is 4.00. The van der Waals surface area contributed by atoms with E-state index in [0.717, 1.165) is 16.1 Å². The van der Waals surface area contributed by atoms with E-state index in [0.29, 0.717) is 48.9 Å². The average molecular weight is 464 g/mol. The molecule has 1 aliphatic heterocycles. The molecule has 0 aliphatic carbocycles.